The van der Waals surface area contributed by atoms with Crippen molar-refractivity contribution in [2.75, 3.05) is 0 Å². The van der Waals surface area contributed by atoms with Crippen LogP contribution in [-0.4, -0.2) is 0 Å². The van der Waals surface area contributed by atoms with E-state index in [1.807, 2.05) is 6.92 Å². The molecule has 3 atom stereocenters. The number of hydrogen-bond acceptors (Lipinski definition) is 0. The van der Waals surface area contributed by atoms with Gasteiger partial charge in [-0.3, -0.25) is 0 Å². The van der Waals surface area contributed by atoms with Crippen LogP contribution in [0.5, 0.6) is 0 Å². The molecule has 0 aromatic heterocycles. The fraction of sp³-hybridized carbons (Fsp3) is 0.391. The van der Waals surface area contributed by atoms with Crippen molar-refractivity contribution in [2.45, 2.75) is 44.9 Å². The maximum absolute atomic E-state index is 15.3. The quantitative estimate of drug-likeness (QED) is 0.467. The van der Waals surface area contributed by atoms with Crippen molar-refractivity contribution >= 4 is 11.6 Å². The standard InChI is InChI=1S/C23H22ClF3/c1-2-3-13-4-7-16-14(10-13)5-8-17-18(16)12-21(26)22(23(17)27)15-6-9-19(24)20(25)11-15/h2-3,6,9,11-14,16H,4-5,7-8,10H2,1H3/b3-2+. The van der Waals surface area contributed by atoms with Gasteiger partial charge in [0.05, 0.1) is 10.6 Å². The molecule has 4 heteroatoms. The van der Waals surface area contributed by atoms with Crippen molar-refractivity contribution in [1.82, 2.24) is 0 Å². The monoisotopic (exact) mass is 390 g/mol. The van der Waals surface area contributed by atoms with Crippen LogP contribution in [0.2, 0.25) is 5.02 Å². The Bertz CT molecular complexity index is 903. The molecule has 0 aliphatic heterocycles. The smallest absolute Gasteiger partial charge is 0.142 e. The molecule has 3 unspecified atom stereocenters. The second-order valence-corrected chi connectivity index (χ2v) is 8.16. The molecule has 27 heavy (non-hydrogen) atoms. The highest BCUT2D eigenvalue weighted by Gasteiger charge is 2.37. The number of allylic oxidation sites excluding steroid dienone is 2. The number of hydrogen-bond donors (Lipinski definition) is 0. The zero-order chi connectivity index (χ0) is 19.1. The summed E-state index contributed by atoms with van der Waals surface area (Å²) in [6.45, 7) is 2.04. The molecule has 0 saturated heterocycles. The molecule has 0 bridgehead atoms. The Hall–Kier alpha value is -1.74. The fourth-order valence-electron chi connectivity index (χ4n) is 4.98. The van der Waals surface area contributed by atoms with Crippen LogP contribution in [-0.2, 0) is 6.42 Å². The molecule has 0 N–H and O–H groups in total. The highest BCUT2D eigenvalue weighted by Crippen LogP contribution is 2.49. The van der Waals surface area contributed by atoms with Gasteiger partial charge >= 0.3 is 0 Å². The molecule has 1 saturated carbocycles. The lowest BCUT2D eigenvalue weighted by atomic mass is 9.65. The maximum atomic E-state index is 15.3. The first kappa shape index (κ1) is 18.6. The Labute approximate surface area is 163 Å². The molecular formula is C23H22ClF3. The number of benzene rings is 2. The Morgan fingerprint density at radius 2 is 1.85 bits per heavy atom. The number of halogens is 4. The Balaban J connectivity index is 1.74. The summed E-state index contributed by atoms with van der Waals surface area (Å²) in [5.41, 5.74) is 1.46. The van der Waals surface area contributed by atoms with Gasteiger partial charge < -0.3 is 0 Å². The maximum Gasteiger partial charge on any atom is 0.142 e. The lowest BCUT2D eigenvalue weighted by Crippen LogP contribution is -2.28. The van der Waals surface area contributed by atoms with Gasteiger partial charge in [0, 0.05) is 0 Å². The molecule has 2 aromatic rings. The van der Waals surface area contributed by atoms with E-state index < -0.39 is 17.5 Å². The zero-order valence-electron chi connectivity index (χ0n) is 15.2. The molecule has 142 valence electrons. The van der Waals surface area contributed by atoms with Crippen LogP contribution in [0.4, 0.5) is 13.2 Å². The van der Waals surface area contributed by atoms with E-state index in [1.54, 1.807) is 0 Å². The van der Waals surface area contributed by atoms with Crippen molar-refractivity contribution in [3.63, 3.8) is 0 Å². The van der Waals surface area contributed by atoms with E-state index in [0.29, 0.717) is 23.8 Å². The average molecular weight is 391 g/mol. The first-order valence-corrected chi connectivity index (χ1v) is 9.96. The van der Waals surface area contributed by atoms with E-state index in [9.17, 15) is 8.78 Å². The van der Waals surface area contributed by atoms with Gasteiger partial charge in [0.1, 0.15) is 17.5 Å². The molecule has 0 amide bonds. The van der Waals surface area contributed by atoms with Crippen molar-refractivity contribution in [3.05, 3.63) is 70.0 Å². The Morgan fingerprint density at radius 3 is 2.59 bits per heavy atom. The van der Waals surface area contributed by atoms with Crippen LogP contribution in [0.25, 0.3) is 11.1 Å². The van der Waals surface area contributed by atoms with Crippen LogP contribution >= 0.6 is 11.6 Å². The lowest BCUT2D eigenvalue weighted by molar-refractivity contribution is 0.234. The minimum absolute atomic E-state index is 0.0572. The van der Waals surface area contributed by atoms with Crippen LogP contribution in [0.3, 0.4) is 0 Å². The molecule has 2 aromatic carbocycles. The Kier molecular flexibility index (Phi) is 5.07. The van der Waals surface area contributed by atoms with Crippen molar-refractivity contribution in [1.29, 1.82) is 0 Å². The molecule has 0 heterocycles. The van der Waals surface area contributed by atoms with Gasteiger partial charge in [-0.15, -0.1) is 0 Å². The molecule has 1 fully saturated rings. The van der Waals surface area contributed by atoms with Crippen molar-refractivity contribution in [2.24, 2.45) is 11.8 Å². The number of rotatable bonds is 2. The molecule has 0 nitrogen and oxygen atoms in total. The van der Waals surface area contributed by atoms with E-state index in [2.05, 4.69) is 12.2 Å². The van der Waals surface area contributed by atoms with Gasteiger partial charge in [-0.2, -0.15) is 0 Å². The summed E-state index contributed by atoms with van der Waals surface area (Å²) in [6.07, 6.45) is 8.97. The van der Waals surface area contributed by atoms with Crippen LogP contribution < -0.4 is 0 Å². The summed E-state index contributed by atoms with van der Waals surface area (Å²) < 4.78 is 44.0. The molecule has 0 radical (unpaired) electrons. The molecule has 2 aliphatic carbocycles. The average Bonchev–Trinajstić information content (AvgIpc) is 2.64. The summed E-state index contributed by atoms with van der Waals surface area (Å²) in [7, 11) is 0. The third-order valence-corrected chi connectivity index (χ3v) is 6.52. The Morgan fingerprint density at radius 1 is 1.04 bits per heavy atom. The van der Waals surface area contributed by atoms with E-state index in [-0.39, 0.29) is 22.1 Å². The second-order valence-electron chi connectivity index (χ2n) is 7.75. The predicted octanol–water partition coefficient (Wildman–Crippen LogP) is 7.45. The third kappa shape index (κ3) is 3.31. The van der Waals surface area contributed by atoms with Gasteiger partial charge in [0.25, 0.3) is 0 Å². The van der Waals surface area contributed by atoms with Gasteiger partial charge in [-0.05, 0) is 91.7 Å². The summed E-state index contributed by atoms with van der Waals surface area (Å²) in [5.74, 6) is -0.567. The summed E-state index contributed by atoms with van der Waals surface area (Å²) in [5, 5.41) is -0.0572. The van der Waals surface area contributed by atoms with Crippen LogP contribution in [0, 0.1) is 29.3 Å². The molecular weight excluding hydrogens is 369 g/mol. The number of fused-ring (bicyclic) bond motifs is 3. The highest BCUT2D eigenvalue weighted by molar-refractivity contribution is 6.30. The second kappa shape index (κ2) is 7.35. The fourth-order valence-corrected chi connectivity index (χ4v) is 5.10. The van der Waals surface area contributed by atoms with Crippen LogP contribution in [0.15, 0.2) is 36.4 Å². The minimum atomic E-state index is -0.673. The van der Waals surface area contributed by atoms with Gasteiger partial charge in [-0.1, -0.05) is 29.8 Å². The minimum Gasteiger partial charge on any atom is -0.206 e. The topological polar surface area (TPSA) is 0 Å². The SMILES string of the molecule is C/C=C/C1CCC2c3cc(F)c(-c4ccc(Cl)c(F)c4)c(F)c3CCC2C1. The summed E-state index contributed by atoms with van der Waals surface area (Å²) in [6, 6.07) is 5.40. The zero-order valence-corrected chi connectivity index (χ0v) is 16.0. The van der Waals surface area contributed by atoms with Crippen molar-refractivity contribution in [3.8, 4) is 11.1 Å². The van der Waals surface area contributed by atoms with Gasteiger partial charge in [0.2, 0.25) is 0 Å². The van der Waals surface area contributed by atoms with Gasteiger partial charge in [0.15, 0.2) is 0 Å². The van der Waals surface area contributed by atoms with Gasteiger partial charge in [-0.25, -0.2) is 13.2 Å². The largest absolute Gasteiger partial charge is 0.206 e. The third-order valence-electron chi connectivity index (χ3n) is 6.21. The molecule has 2 aliphatic rings. The van der Waals surface area contributed by atoms with E-state index in [0.717, 1.165) is 37.3 Å². The molecule has 0 spiro atoms. The van der Waals surface area contributed by atoms with Crippen molar-refractivity contribution < 1.29 is 13.2 Å². The lowest BCUT2D eigenvalue weighted by Gasteiger charge is -2.40. The van der Waals surface area contributed by atoms with E-state index >= 15 is 4.39 Å². The first-order chi connectivity index (χ1) is 13.0. The first-order valence-electron chi connectivity index (χ1n) is 9.58. The highest BCUT2D eigenvalue weighted by atomic mass is 35.5. The van der Waals surface area contributed by atoms with Crippen LogP contribution in [0.1, 0.15) is 49.7 Å². The predicted molar refractivity (Wildman–Crippen MR) is 103 cm³/mol. The molecule has 4 rings (SSSR count). The summed E-state index contributed by atoms with van der Waals surface area (Å²) in [4.78, 5) is 0. The normalized spacial score (nSPS) is 24.7. The summed E-state index contributed by atoms with van der Waals surface area (Å²) >= 11 is 5.71. The van der Waals surface area contributed by atoms with E-state index in [1.165, 1.54) is 18.2 Å². The van der Waals surface area contributed by atoms with E-state index in [4.69, 9.17) is 11.6 Å².